The van der Waals surface area contributed by atoms with E-state index in [0.29, 0.717) is 18.8 Å². The zero-order chi connectivity index (χ0) is 15.1. The fourth-order valence-corrected chi connectivity index (χ4v) is 1.77. The van der Waals surface area contributed by atoms with E-state index in [1.54, 1.807) is 12.1 Å². The minimum Gasteiger partial charge on any atom is -0.491 e. The topological polar surface area (TPSA) is 41.5 Å². The number of hydrogen-bond acceptors (Lipinski definition) is 3. The molecular weight excluding hydrogens is 276 g/mol. The Morgan fingerprint density at radius 2 is 1.52 bits per heavy atom. The predicted octanol–water partition coefficient (Wildman–Crippen LogP) is 2.49. The van der Waals surface area contributed by atoms with Crippen molar-refractivity contribution in [3.8, 4) is 5.75 Å². The molecular formula is C16H17F2NO2. The zero-order valence-electron chi connectivity index (χ0n) is 11.4. The van der Waals surface area contributed by atoms with Crippen LogP contribution in [0.3, 0.4) is 0 Å². The Bertz CT molecular complexity index is 543. The standard InChI is InChI=1S/C16H17F2NO2/c17-13-3-1-12(2-4-13)9-19-10-15(20)11-21-16-7-5-14(18)6-8-16/h1-8,15,19-20H,9-11H2. The molecule has 0 spiro atoms. The number of aliphatic hydroxyl groups excluding tert-OH is 1. The van der Waals surface area contributed by atoms with Crippen molar-refractivity contribution in [3.63, 3.8) is 0 Å². The van der Waals surface area contributed by atoms with E-state index in [1.807, 2.05) is 0 Å². The number of benzene rings is 2. The Morgan fingerprint density at radius 1 is 0.952 bits per heavy atom. The van der Waals surface area contributed by atoms with Crippen molar-refractivity contribution >= 4 is 0 Å². The Morgan fingerprint density at radius 3 is 2.14 bits per heavy atom. The summed E-state index contributed by atoms with van der Waals surface area (Å²) in [6, 6.07) is 11.8. The molecule has 2 aromatic carbocycles. The molecule has 1 atom stereocenters. The second kappa shape index (κ2) is 7.71. The van der Waals surface area contributed by atoms with Gasteiger partial charge in [0, 0.05) is 13.1 Å². The van der Waals surface area contributed by atoms with Crippen LogP contribution in [0.15, 0.2) is 48.5 Å². The van der Waals surface area contributed by atoms with Gasteiger partial charge in [-0.25, -0.2) is 8.78 Å². The second-order valence-electron chi connectivity index (χ2n) is 4.68. The summed E-state index contributed by atoms with van der Waals surface area (Å²) >= 11 is 0. The van der Waals surface area contributed by atoms with Crippen LogP contribution in [0.2, 0.25) is 0 Å². The van der Waals surface area contributed by atoms with Crippen molar-refractivity contribution < 1.29 is 18.6 Å². The highest BCUT2D eigenvalue weighted by Gasteiger charge is 2.05. The van der Waals surface area contributed by atoms with Crippen LogP contribution in [-0.2, 0) is 6.54 Å². The Balaban J connectivity index is 1.66. The molecule has 2 rings (SSSR count). The average Bonchev–Trinajstić information content (AvgIpc) is 2.49. The van der Waals surface area contributed by atoms with Gasteiger partial charge in [0.05, 0.1) is 0 Å². The number of ether oxygens (including phenoxy) is 1. The lowest BCUT2D eigenvalue weighted by molar-refractivity contribution is 0.106. The number of halogens is 2. The van der Waals surface area contributed by atoms with Crippen LogP contribution in [0.1, 0.15) is 5.56 Å². The highest BCUT2D eigenvalue weighted by molar-refractivity contribution is 5.22. The highest BCUT2D eigenvalue weighted by Crippen LogP contribution is 2.11. The van der Waals surface area contributed by atoms with E-state index in [0.717, 1.165) is 5.56 Å². The first kappa shape index (κ1) is 15.4. The third kappa shape index (κ3) is 5.49. The molecule has 0 amide bonds. The van der Waals surface area contributed by atoms with E-state index in [2.05, 4.69) is 5.32 Å². The van der Waals surface area contributed by atoms with Crippen molar-refractivity contribution in [1.82, 2.24) is 5.32 Å². The summed E-state index contributed by atoms with van der Waals surface area (Å²) in [6.45, 7) is 0.995. The van der Waals surface area contributed by atoms with Crippen LogP contribution in [0.25, 0.3) is 0 Å². The third-order valence-corrected chi connectivity index (χ3v) is 2.88. The summed E-state index contributed by atoms with van der Waals surface area (Å²) in [4.78, 5) is 0. The van der Waals surface area contributed by atoms with E-state index in [4.69, 9.17) is 4.74 Å². The van der Waals surface area contributed by atoms with Crippen LogP contribution < -0.4 is 10.1 Å². The second-order valence-corrected chi connectivity index (χ2v) is 4.68. The number of rotatable bonds is 7. The van der Waals surface area contributed by atoms with Crippen LogP contribution >= 0.6 is 0 Å². The molecule has 0 saturated heterocycles. The lowest BCUT2D eigenvalue weighted by atomic mass is 10.2. The predicted molar refractivity (Wildman–Crippen MR) is 76.0 cm³/mol. The summed E-state index contributed by atoms with van der Waals surface area (Å²) in [7, 11) is 0. The molecule has 0 saturated carbocycles. The highest BCUT2D eigenvalue weighted by atomic mass is 19.1. The summed E-state index contributed by atoms with van der Waals surface area (Å²) in [5, 5.41) is 12.8. The van der Waals surface area contributed by atoms with Crippen LogP contribution in [0.5, 0.6) is 5.75 Å². The fraction of sp³-hybridized carbons (Fsp3) is 0.250. The lowest BCUT2D eigenvalue weighted by Gasteiger charge is -2.13. The first-order valence-electron chi connectivity index (χ1n) is 6.65. The number of aliphatic hydroxyl groups is 1. The van der Waals surface area contributed by atoms with E-state index in [1.165, 1.54) is 36.4 Å². The van der Waals surface area contributed by atoms with Crippen molar-refractivity contribution in [2.75, 3.05) is 13.2 Å². The minimum absolute atomic E-state index is 0.113. The monoisotopic (exact) mass is 293 g/mol. The molecule has 1 unspecified atom stereocenters. The molecule has 2 aromatic rings. The summed E-state index contributed by atoms with van der Waals surface area (Å²) in [5.41, 5.74) is 0.933. The van der Waals surface area contributed by atoms with Crippen LogP contribution in [-0.4, -0.2) is 24.4 Å². The molecule has 0 aliphatic heterocycles. The van der Waals surface area contributed by atoms with Gasteiger partial charge in [-0.2, -0.15) is 0 Å². The molecule has 0 bridgehead atoms. The molecule has 0 aromatic heterocycles. The third-order valence-electron chi connectivity index (χ3n) is 2.88. The number of hydrogen-bond donors (Lipinski definition) is 2. The van der Waals surface area contributed by atoms with Gasteiger partial charge in [0.2, 0.25) is 0 Å². The SMILES string of the molecule is OC(CNCc1ccc(F)cc1)COc1ccc(F)cc1. The normalized spacial score (nSPS) is 12.1. The Hall–Kier alpha value is -1.98. The van der Waals surface area contributed by atoms with Crippen LogP contribution in [0, 0.1) is 11.6 Å². The molecule has 0 heterocycles. The maximum atomic E-state index is 12.7. The fourth-order valence-electron chi connectivity index (χ4n) is 1.77. The van der Waals surface area contributed by atoms with E-state index < -0.39 is 6.10 Å². The van der Waals surface area contributed by atoms with Crippen molar-refractivity contribution in [3.05, 3.63) is 65.7 Å². The van der Waals surface area contributed by atoms with Gasteiger partial charge >= 0.3 is 0 Å². The van der Waals surface area contributed by atoms with Gasteiger partial charge in [0.25, 0.3) is 0 Å². The van der Waals surface area contributed by atoms with Gasteiger partial charge in [-0.15, -0.1) is 0 Å². The summed E-state index contributed by atoms with van der Waals surface area (Å²) in [6.07, 6.45) is -0.685. The van der Waals surface area contributed by atoms with Crippen molar-refractivity contribution in [2.24, 2.45) is 0 Å². The van der Waals surface area contributed by atoms with Gasteiger partial charge in [-0.05, 0) is 42.0 Å². The Labute approximate surface area is 122 Å². The first-order valence-corrected chi connectivity index (χ1v) is 6.65. The Kier molecular flexibility index (Phi) is 5.66. The summed E-state index contributed by atoms with van der Waals surface area (Å²) < 4.78 is 30.8. The minimum atomic E-state index is -0.685. The average molecular weight is 293 g/mol. The smallest absolute Gasteiger partial charge is 0.123 e. The van der Waals surface area contributed by atoms with Gasteiger partial charge in [-0.1, -0.05) is 12.1 Å². The zero-order valence-corrected chi connectivity index (χ0v) is 11.4. The molecule has 0 aliphatic carbocycles. The van der Waals surface area contributed by atoms with Crippen molar-refractivity contribution in [2.45, 2.75) is 12.6 Å². The van der Waals surface area contributed by atoms with E-state index >= 15 is 0 Å². The maximum Gasteiger partial charge on any atom is 0.123 e. The largest absolute Gasteiger partial charge is 0.491 e. The quantitative estimate of drug-likeness (QED) is 0.824. The molecule has 0 fully saturated rings. The van der Waals surface area contributed by atoms with Crippen molar-refractivity contribution in [1.29, 1.82) is 0 Å². The number of nitrogens with one attached hydrogen (secondary N) is 1. The van der Waals surface area contributed by atoms with Crippen LogP contribution in [0.4, 0.5) is 8.78 Å². The van der Waals surface area contributed by atoms with Gasteiger partial charge in [0.15, 0.2) is 0 Å². The molecule has 0 aliphatic rings. The molecule has 3 nitrogen and oxygen atoms in total. The molecule has 0 radical (unpaired) electrons. The van der Waals surface area contributed by atoms with Gasteiger partial charge < -0.3 is 15.2 Å². The van der Waals surface area contributed by atoms with E-state index in [-0.39, 0.29) is 18.2 Å². The van der Waals surface area contributed by atoms with Gasteiger partial charge in [0.1, 0.15) is 30.1 Å². The van der Waals surface area contributed by atoms with E-state index in [9.17, 15) is 13.9 Å². The summed E-state index contributed by atoms with van der Waals surface area (Å²) in [5.74, 6) is -0.0932. The molecule has 21 heavy (non-hydrogen) atoms. The molecule has 112 valence electrons. The van der Waals surface area contributed by atoms with Gasteiger partial charge in [-0.3, -0.25) is 0 Å². The lowest BCUT2D eigenvalue weighted by Crippen LogP contribution is -2.31. The first-order chi connectivity index (χ1) is 10.1. The maximum absolute atomic E-state index is 12.7. The molecule has 5 heteroatoms. The molecule has 2 N–H and O–H groups in total.